The molecule has 1 aromatic carbocycles. The van der Waals surface area contributed by atoms with Crippen molar-refractivity contribution in [1.82, 2.24) is 4.57 Å². The third-order valence-electron chi connectivity index (χ3n) is 3.62. The Hall–Kier alpha value is -2.10. The molecule has 0 unspecified atom stereocenters. The molecule has 0 aliphatic heterocycles. The van der Waals surface area contributed by atoms with Crippen LogP contribution in [-0.4, -0.2) is 23.2 Å². The fourth-order valence-electron chi connectivity index (χ4n) is 2.20. The lowest BCUT2D eigenvalue weighted by atomic mass is 9.91. The van der Waals surface area contributed by atoms with Crippen LogP contribution in [-0.2, 0) is 11.3 Å². The molecule has 0 amide bonds. The topological polar surface area (TPSA) is 48.3 Å². The minimum atomic E-state index is -0.411. The van der Waals surface area contributed by atoms with Crippen LogP contribution in [0.15, 0.2) is 24.4 Å². The molecule has 4 nitrogen and oxygen atoms in total. The number of nitrogens with zero attached hydrogens (tertiary/aromatic N) is 1. The van der Waals surface area contributed by atoms with Crippen molar-refractivity contribution < 1.29 is 14.3 Å². The molecule has 0 atom stereocenters. The standard InChI is InChI=1S/C17H21NO3/c1-11(19)14-9-18(10-16(20)17(2,3)4)15-8-12(21-5)6-7-13(14)15/h6-9H,10H2,1-5H3. The highest BCUT2D eigenvalue weighted by Crippen LogP contribution is 2.27. The van der Waals surface area contributed by atoms with Gasteiger partial charge in [0.2, 0.25) is 0 Å². The van der Waals surface area contributed by atoms with Crippen molar-refractivity contribution in [3.05, 3.63) is 30.0 Å². The van der Waals surface area contributed by atoms with Gasteiger partial charge in [0, 0.05) is 28.6 Å². The summed E-state index contributed by atoms with van der Waals surface area (Å²) in [6.45, 7) is 7.48. The summed E-state index contributed by atoms with van der Waals surface area (Å²) in [4.78, 5) is 24.1. The van der Waals surface area contributed by atoms with Gasteiger partial charge in [-0.25, -0.2) is 0 Å². The molecular weight excluding hydrogens is 266 g/mol. The fraction of sp³-hybridized carbons (Fsp3) is 0.412. The van der Waals surface area contributed by atoms with Gasteiger partial charge >= 0.3 is 0 Å². The molecule has 0 aliphatic carbocycles. The number of benzene rings is 1. The number of carbonyl (C=O) groups excluding carboxylic acids is 2. The Morgan fingerprint density at radius 1 is 1.24 bits per heavy atom. The molecule has 0 bridgehead atoms. The maximum Gasteiger partial charge on any atom is 0.161 e. The third-order valence-corrected chi connectivity index (χ3v) is 3.62. The lowest BCUT2D eigenvalue weighted by Gasteiger charge is -2.17. The van der Waals surface area contributed by atoms with E-state index in [0.717, 1.165) is 10.9 Å². The highest BCUT2D eigenvalue weighted by Gasteiger charge is 2.23. The van der Waals surface area contributed by atoms with Crippen LogP contribution < -0.4 is 4.74 Å². The van der Waals surface area contributed by atoms with E-state index in [0.29, 0.717) is 11.3 Å². The van der Waals surface area contributed by atoms with Crippen LogP contribution in [0.25, 0.3) is 10.9 Å². The molecule has 112 valence electrons. The Kier molecular flexibility index (Phi) is 3.90. The SMILES string of the molecule is COc1ccc2c(C(C)=O)cn(CC(=O)C(C)(C)C)c2c1. The lowest BCUT2D eigenvalue weighted by Crippen LogP contribution is -2.24. The zero-order valence-electron chi connectivity index (χ0n) is 13.2. The van der Waals surface area contributed by atoms with Crippen molar-refractivity contribution in [2.24, 2.45) is 5.41 Å². The van der Waals surface area contributed by atoms with Crippen LogP contribution in [0.1, 0.15) is 38.1 Å². The monoisotopic (exact) mass is 287 g/mol. The van der Waals surface area contributed by atoms with Gasteiger partial charge in [-0.15, -0.1) is 0 Å². The van der Waals surface area contributed by atoms with E-state index in [4.69, 9.17) is 4.74 Å². The van der Waals surface area contributed by atoms with Gasteiger partial charge in [-0.05, 0) is 19.1 Å². The molecule has 0 spiro atoms. The van der Waals surface area contributed by atoms with E-state index in [9.17, 15) is 9.59 Å². The number of hydrogen-bond donors (Lipinski definition) is 0. The van der Waals surface area contributed by atoms with Gasteiger partial charge < -0.3 is 9.30 Å². The Balaban J connectivity index is 2.57. The molecule has 2 aromatic rings. The Morgan fingerprint density at radius 3 is 2.43 bits per heavy atom. The van der Waals surface area contributed by atoms with E-state index in [1.807, 2.05) is 43.5 Å². The molecule has 0 saturated carbocycles. The molecule has 0 aliphatic rings. The fourth-order valence-corrected chi connectivity index (χ4v) is 2.20. The van der Waals surface area contributed by atoms with Gasteiger partial charge in [-0.3, -0.25) is 9.59 Å². The maximum absolute atomic E-state index is 12.3. The molecule has 4 heteroatoms. The van der Waals surface area contributed by atoms with Crippen LogP contribution in [0.2, 0.25) is 0 Å². The average Bonchev–Trinajstić information content (AvgIpc) is 2.76. The van der Waals surface area contributed by atoms with Crippen molar-refractivity contribution in [2.75, 3.05) is 7.11 Å². The summed E-state index contributed by atoms with van der Waals surface area (Å²) in [5.41, 5.74) is 1.07. The number of ether oxygens (including phenoxy) is 1. The van der Waals surface area contributed by atoms with Crippen LogP contribution in [0.5, 0.6) is 5.75 Å². The Morgan fingerprint density at radius 2 is 1.90 bits per heavy atom. The Labute approximate surface area is 124 Å². The second-order valence-electron chi connectivity index (χ2n) is 6.28. The van der Waals surface area contributed by atoms with E-state index in [-0.39, 0.29) is 18.1 Å². The summed E-state index contributed by atoms with van der Waals surface area (Å²) >= 11 is 0. The van der Waals surface area contributed by atoms with Crippen molar-refractivity contribution >= 4 is 22.5 Å². The highest BCUT2D eigenvalue weighted by molar-refractivity contribution is 6.07. The summed E-state index contributed by atoms with van der Waals surface area (Å²) in [5.74, 6) is 0.824. The molecule has 21 heavy (non-hydrogen) atoms. The minimum absolute atomic E-state index is 0.00729. The Bertz CT molecular complexity index is 705. The van der Waals surface area contributed by atoms with Gasteiger partial charge in [-0.2, -0.15) is 0 Å². The van der Waals surface area contributed by atoms with Crippen molar-refractivity contribution in [1.29, 1.82) is 0 Å². The first kappa shape index (κ1) is 15.3. The van der Waals surface area contributed by atoms with Crippen LogP contribution in [0.3, 0.4) is 0 Å². The molecule has 0 saturated heterocycles. The molecule has 1 heterocycles. The maximum atomic E-state index is 12.3. The number of methoxy groups -OCH3 is 1. The van der Waals surface area contributed by atoms with E-state index < -0.39 is 5.41 Å². The second-order valence-corrected chi connectivity index (χ2v) is 6.28. The number of hydrogen-bond acceptors (Lipinski definition) is 3. The normalized spacial score (nSPS) is 11.7. The lowest BCUT2D eigenvalue weighted by molar-refractivity contribution is -0.126. The van der Waals surface area contributed by atoms with Crippen molar-refractivity contribution in [2.45, 2.75) is 34.2 Å². The van der Waals surface area contributed by atoms with Crippen LogP contribution in [0, 0.1) is 5.41 Å². The highest BCUT2D eigenvalue weighted by atomic mass is 16.5. The number of ketones is 2. The molecule has 0 fully saturated rings. The summed E-state index contributed by atoms with van der Waals surface area (Å²) < 4.78 is 7.07. The van der Waals surface area contributed by atoms with Crippen molar-refractivity contribution in [3.63, 3.8) is 0 Å². The smallest absolute Gasteiger partial charge is 0.161 e. The number of carbonyl (C=O) groups is 2. The van der Waals surface area contributed by atoms with E-state index in [1.165, 1.54) is 6.92 Å². The van der Waals surface area contributed by atoms with Crippen molar-refractivity contribution in [3.8, 4) is 5.75 Å². The number of fused-ring (bicyclic) bond motifs is 1. The second kappa shape index (κ2) is 5.35. The molecular formula is C17H21NO3. The van der Waals surface area contributed by atoms with E-state index in [2.05, 4.69) is 0 Å². The van der Waals surface area contributed by atoms with Gasteiger partial charge in [0.1, 0.15) is 5.75 Å². The predicted molar refractivity (Wildman–Crippen MR) is 83.0 cm³/mol. The number of rotatable bonds is 4. The zero-order valence-corrected chi connectivity index (χ0v) is 13.2. The average molecular weight is 287 g/mol. The van der Waals surface area contributed by atoms with E-state index in [1.54, 1.807) is 13.3 Å². The minimum Gasteiger partial charge on any atom is -0.497 e. The number of aromatic nitrogens is 1. The first-order valence-corrected chi connectivity index (χ1v) is 6.95. The van der Waals surface area contributed by atoms with E-state index >= 15 is 0 Å². The first-order valence-electron chi connectivity index (χ1n) is 6.95. The summed E-state index contributed by atoms with van der Waals surface area (Å²) in [7, 11) is 1.60. The van der Waals surface area contributed by atoms with Gasteiger partial charge in [-0.1, -0.05) is 20.8 Å². The molecule has 0 radical (unpaired) electrons. The number of Topliss-reactive ketones (excluding diaryl/α,β-unsaturated/α-hetero) is 2. The molecule has 2 rings (SSSR count). The van der Waals surface area contributed by atoms with Crippen LogP contribution in [0.4, 0.5) is 0 Å². The summed E-state index contributed by atoms with van der Waals surface area (Å²) in [5, 5.41) is 0.852. The summed E-state index contributed by atoms with van der Waals surface area (Å²) in [6.07, 6.45) is 1.76. The molecule has 1 aromatic heterocycles. The van der Waals surface area contributed by atoms with Crippen LogP contribution >= 0.6 is 0 Å². The third kappa shape index (κ3) is 2.99. The predicted octanol–water partition coefficient (Wildman–Crippen LogP) is 3.47. The quantitative estimate of drug-likeness (QED) is 0.809. The van der Waals surface area contributed by atoms with Gasteiger partial charge in [0.05, 0.1) is 19.2 Å². The van der Waals surface area contributed by atoms with Gasteiger partial charge in [0.25, 0.3) is 0 Å². The van der Waals surface area contributed by atoms with Gasteiger partial charge in [0.15, 0.2) is 11.6 Å². The molecule has 0 N–H and O–H groups in total. The summed E-state index contributed by atoms with van der Waals surface area (Å²) in [6, 6.07) is 5.55. The largest absolute Gasteiger partial charge is 0.497 e. The first-order chi connectivity index (χ1) is 9.74. The zero-order chi connectivity index (χ0) is 15.8.